The third-order valence-corrected chi connectivity index (χ3v) is 6.29. The van der Waals surface area contributed by atoms with Crippen LogP contribution in [0.5, 0.6) is 0 Å². The number of thioether (sulfide) groups is 2. The number of carbonyl (C=O) groups is 2. The molecule has 31 heavy (non-hydrogen) atoms. The minimum absolute atomic E-state index is 0.126. The molecule has 2 N–H and O–H groups in total. The number of amides is 2. The molecule has 0 aliphatic rings. The van der Waals surface area contributed by atoms with Crippen LogP contribution < -0.4 is 10.6 Å². The molecule has 2 aromatic carbocycles. The second-order valence-electron chi connectivity index (χ2n) is 6.84. The minimum Gasteiger partial charge on any atom is -0.326 e. The summed E-state index contributed by atoms with van der Waals surface area (Å²) in [5, 5.41) is 14.9. The average Bonchev–Trinajstić information content (AvgIpc) is 3.15. The Hall–Kier alpha value is -2.78. The van der Waals surface area contributed by atoms with Gasteiger partial charge in [-0.05, 0) is 50.2 Å². The summed E-state index contributed by atoms with van der Waals surface area (Å²) >= 11 is 3.08. The lowest BCUT2D eigenvalue weighted by molar-refractivity contribution is -0.114. The highest BCUT2D eigenvalue weighted by molar-refractivity contribution is 7.99. The number of anilines is 2. The van der Waals surface area contributed by atoms with Crippen LogP contribution in [0.3, 0.4) is 0 Å². The normalized spacial score (nSPS) is 10.7. The number of hydrogen-bond donors (Lipinski definition) is 2. The van der Waals surface area contributed by atoms with E-state index in [4.69, 9.17) is 0 Å². The fraction of sp³-hybridized carbons (Fsp3) is 0.273. The first kappa shape index (κ1) is 22.9. The Morgan fingerprint density at radius 1 is 0.935 bits per heavy atom. The van der Waals surface area contributed by atoms with E-state index in [2.05, 4.69) is 52.0 Å². The van der Waals surface area contributed by atoms with Crippen molar-refractivity contribution in [2.24, 2.45) is 0 Å². The van der Waals surface area contributed by atoms with Gasteiger partial charge in [0, 0.05) is 29.7 Å². The van der Waals surface area contributed by atoms with Gasteiger partial charge in [0.25, 0.3) is 0 Å². The Kier molecular flexibility index (Phi) is 8.13. The monoisotopic (exact) mass is 455 g/mol. The Morgan fingerprint density at radius 2 is 1.58 bits per heavy atom. The standard InChI is InChI=1S/C22H25N5O2S2/c1-4-27-20(13-30-19-11-5-15(2)6-12-19)25-26-22(27)31-14-21(29)24-18-9-7-17(8-10-18)23-16(3)28/h5-12H,4,13-14H2,1-3H3,(H,23,28)(H,24,29). The van der Waals surface area contributed by atoms with Crippen molar-refractivity contribution < 1.29 is 9.59 Å². The fourth-order valence-electron chi connectivity index (χ4n) is 2.80. The second kappa shape index (κ2) is 11.0. The van der Waals surface area contributed by atoms with Crippen molar-refractivity contribution in [3.63, 3.8) is 0 Å². The molecule has 0 radical (unpaired) electrons. The summed E-state index contributed by atoms with van der Waals surface area (Å²) in [4.78, 5) is 24.6. The first-order chi connectivity index (χ1) is 14.9. The molecule has 0 aliphatic carbocycles. The molecule has 162 valence electrons. The van der Waals surface area contributed by atoms with Crippen LogP contribution in [0.1, 0.15) is 25.2 Å². The minimum atomic E-state index is -0.134. The van der Waals surface area contributed by atoms with E-state index in [0.717, 1.165) is 23.3 Å². The van der Waals surface area contributed by atoms with E-state index in [9.17, 15) is 9.59 Å². The van der Waals surface area contributed by atoms with Gasteiger partial charge in [-0.25, -0.2) is 0 Å². The van der Waals surface area contributed by atoms with Crippen LogP contribution in [-0.2, 0) is 21.9 Å². The molecule has 3 aromatic rings. The lowest BCUT2D eigenvalue weighted by Crippen LogP contribution is -2.15. The maximum absolute atomic E-state index is 12.3. The predicted octanol–water partition coefficient (Wildman–Crippen LogP) is 4.59. The highest BCUT2D eigenvalue weighted by Crippen LogP contribution is 2.25. The van der Waals surface area contributed by atoms with E-state index < -0.39 is 0 Å². The van der Waals surface area contributed by atoms with Crippen molar-refractivity contribution in [2.45, 2.75) is 43.1 Å². The molecule has 3 rings (SSSR count). The number of hydrogen-bond acceptors (Lipinski definition) is 6. The predicted molar refractivity (Wildman–Crippen MR) is 127 cm³/mol. The molecule has 1 heterocycles. The maximum atomic E-state index is 12.3. The van der Waals surface area contributed by atoms with Crippen LogP contribution in [0.15, 0.2) is 58.6 Å². The Balaban J connectivity index is 1.53. The van der Waals surface area contributed by atoms with Crippen LogP contribution in [0.2, 0.25) is 0 Å². The molecule has 1 aromatic heterocycles. The maximum Gasteiger partial charge on any atom is 0.234 e. The van der Waals surface area contributed by atoms with Crippen molar-refractivity contribution in [1.29, 1.82) is 0 Å². The zero-order valence-electron chi connectivity index (χ0n) is 17.7. The van der Waals surface area contributed by atoms with Crippen LogP contribution in [-0.4, -0.2) is 32.3 Å². The molecular formula is C22H25N5O2S2. The van der Waals surface area contributed by atoms with E-state index >= 15 is 0 Å². The number of aromatic nitrogens is 3. The van der Waals surface area contributed by atoms with Gasteiger partial charge in [0.2, 0.25) is 11.8 Å². The lowest BCUT2D eigenvalue weighted by atomic mass is 10.2. The summed E-state index contributed by atoms with van der Waals surface area (Å²) in [6.45, 7) is 6.31. The zero-order chi connectivity index (χ0) is 22.2. The summed E-state index contributed by atoms with van der Waals surface area (Å²) in [6, 6.07) is 15.4. The number of carbonyl (C=O) groups excluding carboxylic acids is 2. The van der Waals surface area contributed by atoms with Gasteiger partial charge in [0.15, 0.2) is 5.16 Å². The van der Waals surface area contributed by atoms with Crippen molar-refractivity contribution in [1.82, 2.24) is 14.8 Å². The average molecular weight is 456 g/mol. The SMILES string of the molecule is CCn1c(CSc2ccc(C)cc2)nnc1SCC(=O)Nc1ccc(NC(C)=O)cc1. The van der Waals surface area contributed by atoms with Gasteiger partial charge >= 0.3 is 0 Å². The third-order valence-electron chi connectivity index (χ3n) is 4.32. The Morgan fingerprint density at radius 3 is 2.19 bits per heavy atom. The van der Waals surface area contributed by atoms with E-state index in [1.54, 1.807) is 36.0 Å². The van der Waals surface area contributed by atoms with E-state index in [1.165, 1.54) is 29.1 Å². The summed E-state index contributed by atoms with van der Waals surface area (Å²) < 4.78 is 2.04. The number of aryl methyl sites for hydroxylation is 1. The molecule has 0 saturated carbocycles. The molecule has 2 amide bonds. The third kappa shape index (κ3) is 6.86. The topological polar surface area (TPSA) is 88.9 Å². The largest absolute Gasteiger partial charge is 0.326 e. The van der Waals surface area contributed by atoms with Crippen molar-refractivity contribution in [3.05, 3.63) is 59.9 Å². The smallest absolute Gasteiger partial charge is 0.234 e. The van der Waals surface area contributed by atoms with Gasteiger partial charge in [-0.15, -0.1) is 22.0 Å². The fourth-order valence-corrected chi connectivity index (χ4v) is 4.46. The van der Waals surface area contributed by atoms with Crippen LogP contribution in [0.25, 0.3) is 0 Å². The first-order valence-electron chi connectivity index (χ1n) is 9.86. The summed E-state index contributed by atoms with van der Waals surface area (Å²) in [5.41, 5.74) is 2.60. The number of nitrogens with zero attached hydrogens (tertiary/aromatic N) is 3. The highest BCUT2D eigenvalue weighted by Gasteiger charge is 2.13. The Bertz CT molecular complexity index is 1030. The van der Waals surface area contributed by atoms with Gasteiger partial charge in [-0.3, -0.25) is 9.59 Å². The highest BCUT2D eigenvalue weighted by atomic mass is 32.2. The van der Waals surface area contributed by atoms with Crippen LogP contribution >= 0.6 is 23.5 Å². The molecule has 7 nitrogen and oxygen atoms in total. The molecule has 0 saturated heterocycles. The number of nitrogens with one attached hydrogen (secondary N) is 2. The quantitative estimate of drug-likeness (QED) is 0.459. The van der Waals surface area contributed by atoms with Gasteiger partial charge in [0.05, 0.1) is 11.5 Å². The van der Waals surface area contributed by atoms with Gasteiger partial charge in [0.1, 0.15) is 5.82 Å². The molecule has 0 atom stereocenters. The van der Waals surface area contributed by atoms with E-state index in [-0.39, 0.29) is 17.6 Å². The zero-order valence-corrected chi connectivity index (χ0v) is 19.3. The lowest BCUT2D eigenvalue weighted by Gasteiger charge is -2.08. The summed E-state index contributed by atoms with van der Waals surface area (Å²) in [7, 11) is 0. The molecule has 0 aliphatic heterocycles. The number of rotatable bonds is 9. The van der Waals surface area contributed by atoms with Gasteiger partial charge in [-0.1, -0.05) is 29.5 Å². The van der Waals surface area contributed by atoms with E-state index in [0.29, 0.717) is 11.4 Å². The van der Waals surface area contributed by atoms with Crippen LogP contribution in [0, 0.1) is 6.92 Å². The molecule has 0 spiro atoms. The second-order valence-corrected chi connectivity index (χ2v) is 8.83. The summed E-state index contributed by atoms with van der Waals surface area (Å²) in [5.74, 6) is 1.58. The Labute approximate surface area is 190 Å². The molecule has 9 heteroatoms. The van der Waals surface area contributed by atoms with Crippen molar-refractivity contribution in [2.75, 3.05) is 16.4 Å². The molecule has 0 fully saturated rings. The first-order valence-corrected chi connectivity index (χ1v) is 11.8. The molecule has 0 unspecified atom stereocenters. The van der Waals surface area contributed by atoms with Crippen molar-refractivity contribution in [3.8, 4) is 0 Å². The molecule has 0 bridgehead atoms. The van der Waals surface area contributed by atoms with E-state index in [1.807, 2.05) is 11.5 Å². The van der Waals surface area contributed by atoms with Gasteiger partial charge in [-0.2, -0.15) is 0 Å². The number of benzene rings is 2. The summed E-state index contributed by atoms with van der Waals surface area (Å²) in [6.07, 6.45) is 0. The van der Waals surface area contributed by atoms with Crippen molar-refractivity contribution >= 4 is 46.7 Å². The van der Waals surface area contributed by atoms with Crippen LogP contribution in [0.4, 0.5) is 11.4 Å². The molecular weight excluding hydrogens is 430 g/mol. The van der Waals surface area contributed by atoms with Gasteiger partial charge < -0.3 is 15.2 Å².